The Hall–Kier alpha value is -2.08. The molecular weight excluding hydrogens is 252 g/mol. The van der Waals surface area contributed by atoms with Gasteiger partial charge in [-0.25, -0.2) is 0 Å². The molecule has 0 nitrogen and oxygen atoms in total. The molecule has 0 radical (unpaired) electrons. The molecule has 0 N–H and O–H groups in total. The first kappa shape index (κ1) is 13.9. The number of rotatable bonds is 2. The normalized spacial score (nSPS) is 14.6. The summed E-state index contributed by atoms with van der Waals surface area (Å²) >= 11 is 0. The van der Waals surface area contributed by atoms with Crippen LogP contribution in [0.1, 0.15) is 36.5 Å². The van der Waals surface area contributed by atoms with Crippen molar-refractivity contribution in [3.8, 4) is 11.1 Å². The van der Waals surface area contributed by atoms with Gasteiger partial charge in [-0.15, -0.1) is 0 Å². The van der Waals surface area contributed by atoms with E-state index < -0.39 is 0 Å². The molecule has 2 aromatic carbocycles. The molecule has 0 fully saturated rings. The van der Waals surface area contributed by atoms with Crippen molar-refractivity contribution < 1.29 is 0 Å². The molecule has 0 amide bonds. The van der Waals surface area contributed by atoms with Gasteiger partial charge in [0.2, 0.25) is 0 Å². The second-order valence-electron chi connectivity index (χ2n) is 6.03. The molecule has 0 saturated heterocycles. The van der Waals surface area contributed by atoms with Gasteiger partial charge in [0.25, 0.3) is 0 Å². The van der Waals surface area contributed by atoms with E-state index in [9.17, 15) is 0 Å². The Balaban J connectivity index is 2.08. The van der Waals surface area contributed by atoms with Crippen molar-refractivity contribution >= 4 is 5.57 Å². The molecule has 0 aliphatic heterocycles. The van der Waals surface area contributed by atoms with Crippen LogP contribution in [0.2, 0.25) is 0 Å². The zero-order valence-electron chi connectivity index (χ0n) is 13.1. The zero-order chi connectivity index (χ0) is 14.8. The summed E-state index contributed by atoms with van der Waals surface area (Å²) < 4.78 is 0. The fraction of sp³-hybridized carbons (Fsp3) is 0.238. The Kier molecular flexibility index (Phi) is 3.79. The van der Waals surface area contributed by atoms with Crippen LogP contribution < -0.4 is 0 Å². The third-order valence-electron chi connectivity index (χ3n) is 4.34. The molecule has 0 spiro atoms. The number of benzene rings is 2. The average molecular weight is 274 g/mol. The van der Waals surface area contributed by atoms with Crippen LogP contribution in [0.15, 0.2) is 60.2 Å². The van der Waals surface area contributed by atoms with Gasteiger partial charge in [-0.2, -0.15) is 0 Å². The summed E-state index contributed by atoms with van der Waals surface area (Å²) in [5, 5.41) is 0. The summed E-state index contributed by atoms with van der Waals surface area (Å²) in [6.07, 6.45) is 6.94. The fourth-order valence-corrected chi connectivity index (χ4v) is 2.94. The van der Waals surface area contributed by atoms with Crippen molar-refractivity contribution in [2.75, 3.05) is 0 Å². The largest absolute Gasteiger partial charge is 0.0836 e. The van der Waals surface area contributed by atoms with Crippen LogP contribution in [-0.2, 0) is 0 Å². The van der Waals surface area contributed by atoms with Gasteiger partial charge in [0.15, 0.2) is 0 Å². The van der Waals surface area contributed by atoms with Crippen LogP contribution in [0.5, 0.6) is 0 Å². The molecule has 0 heteroatoms. The van der Waals surface area contributed by atoms with Crippen molar-refractivity contribution in [3.05, 3.63) is 76.9 Å². The molecule has 21 heavy (non-hydrogen) atoms. The SMILES string of the molecule is CC1=C(c2cc(-c3ccc(C)cc3)ccc2C)C=CCC1. The van der Waals surface area contributed by atoms with Crippen LogP contribution in [-0.4, -0.2) is 0 Å². The molecule has 1 aliphatic rings. The zero-order valence-corrected chi connectivity index (χ0v) is 13.1. The van der Waals surface area contributed by atoms with Gasteiger partial charge in [0, 0.05) is 0 Å². The van der Waals surface area contributed by atoms with E-state index in [1.165, 1.54) is 51.8 Å². The predicted octanol–water partition coefficient (Wildman–Crippen LogP) is 6.09. The highest BCUT2D eigenvalue weighted by Crippen LogP contribution is 2.32. The maximum absolute atomic E-state index is 2.34. The first-order chi connectivity index (χ1) is 10.1. The Labute approximate surface area is 127 Å². The molecule has 106 valence electrons. The maximum Gasteiger partial charge on any atom is -0.0149 e. The second kappa shape index (κ2) is 5.73. The topological polar surface area (TPSA) is 0 Å². The average Bonchev–Trinajstić information content (AvgIpc) is 2.50. The first-order valence-corrected chi connectivity index (χ1v) is 7.69. The molecule has 0 heterocycles. The molecule has 0 unspecified atom stereocenters. The van der Waals surface area contributed by atoms with Gasteiger partial charge in [0.05, 0.1) is 0 Å². The highest BCUT2D eigenvalue weighted by molar-refractivity contribution is 5.82. The molecule has 0 saturated carbocycles. The van der Waals surface area contributed by atoms with E-state index in [0.29, 0.717) is 0 Å². The van der Waals surface area contributed by atoms with E-state index in [0.717, 1.165) is 0 Å². The number of allylic oxidation sites excluding steroid dienone is 4. The lowest BCUT2D eigenvalue weighted by molar-refractivity contribution is 0.967. The minimum absolute atomic E-state index is 1.17. The summed E-state index contributed by atoms with van der Waals surface area (Å²) in [4.78, 5) is 0. The lowest BCUT2D eigenvalue weighted by Gasteiger charge is -2.16. The minimum atomic E-state index is 1.17. The second-order valence-corrected chi connectivity index (χ2v) is 6.03. The smallest absolute Gasteiger partial charge is 0.0149 e. The van der Waals surface area contributed by atoms with Crippen LogP contribution in [0, 0.1) is 13.8 Å². The molecule has 2 aromatic rings. The standard InChI is InChI=1S/C21H22/c1-15-8-11-18(12-9-15)19-13-10-17(3)21(14-19)20-7-5-4-6-16(20)2/h5,7-14H,4,6H2,1-3H3. The third-order valence-corrected chi connectivity index (χ3v) is 4.34. The summed E-state index contributed by atoms with van der Waals surface area (Å²) in [6, 6.07) is 15.6. The number of aryl methyl sites for hydroxylation is 2. The van der Waals surface area contributed by atoms with Crippen molar-refractivity contribution in [1.82, 2.24) is 0 Å². The monoisotopic (exact) mass is 274 g/mol. The molecular formula is C21H22. The maximum atomic E-state index is 2.34. The Morgan fingerprint density at radius 1 is 0.810 bits per heavy atom. The van der Waals surface area contributed by atoms with Gasteiger partial charge in [-0.1, -0.05) is 59.7 Å². The Morgan fingerprint density at radius 3 is 2.24 bits per heavy atom. The van der Waals surface area contributed by atoms with Gasteiger partial charge in [0.1, 0.15) is 0 Å². The van der Waals surface area contributed by atoms with E-state index in [1.807, 2.05) is 0 Å². The summed E-state index contributed by atoms with van der Waals surface area (Å²) in [7, 11) is 0. The van der Waals surface area contributed by atoms with Gasteiger partial charge < -0.3 is 0 Å². The first-order valence-electron chi connectivity index (χ1n) is 7.69. The van der Waals surface area contributed by atoms with E-state index in [1.54, 1.807) is 0 Å². The van der Waals surface area contributed by atoms with Crippen LogP contribution in [0.4, 0.5) is 0 Å². The molecule has 3 rings (SSSR count). The Bertz CT molecular complexity index is 712. The Morgan fingerprint density at radius 2 is 1.52 bits per heavy atom. The minimum Gasteiger partial charge on any atom is -0.0836 e. The third kappa shape index (κ3) is 2.85. The lowest BCUT2D eigenvalue weighted by atomic mass is 9.89. The molecule has 0 aromatic heterocycles. The predicted molar refractivity (Wildman–Crippen MR) is 92.3 cm³/mol. The summed E-state index contributed by atoms with van der Waals surface area (Å²) in [6.45, 7) is 6.60. The highest BCUT2D eigenvalue weighted by atomic mass is 14.1. The van der Waals surface area contributed by atoms with Gasteiger partial charge in [-0.3, -0.25) is 0 Å². The van der Waals surface area contributed by atoms with Gasteiger partial charge in [-0.05, 0) is 67.5 Å². The van der Waals surface area contributed by atoms with Crippen LogP contribution >= 0.6 is 0 Å². The summed E-state index contributed by atoms with van der Waals surface area (Å²) in [5.41, 5.74) is 9.54. The lowest BCUT2D eigenvalue weighted by Crippen LogP contribution is -1.95. The number of hydrogen-bond acceptors (Lipinski definition) is 0. The van der Waals surface area contributed by atoms with Crippen LogP contribution in [0.25, 0.3) is 16.7 Å². The quantitative estimate of drug-likeness (QED) is 0.621. The van der Waals surface area contributed by atoms with E-state index in [4.69, 9.17) is 0 Å². The fourth-order valence-electron chi connectivity index (χ4n) is 2.94. The van der Waals surface area contributed by atoms with Gasteiger partial charge >= 0.3 is 0 Å². The van der Waals surface area contributed by atoms with Crippen molar-refractivity contribution in [2.45, 2.75) is 33.6 Å². The van der Waals surface area contributed by atoms with E-state index >= 15 is 0 Å². The van der Waals surface area contributed by atoms with Crippen molar-refractivity contribution in [2.24, 2.45) is 0 Å². The molecule has 1 aliphatic carbocycles. The molecule has 0 atom stereocenters. The van der Waals surface area contributed by atoms with E-state index in [2.05, 4.69) is 75.4 Å². The van der Waals surface area contributed by atoms with E-state index in [-0.39, 0.29) is 0 Å². The van der Waals surface area contributed by atoms with Crippen LogP contribution in [0.3, 0.4) is 0 Å². The van der Waals surface area contributed by atoms with Crippen molar-refractivity contribution in [3.63, 3.8) is 0 Å². The highest BCUT2D eigenvalue weighted by Gasteiger charge is 2.10. The number of hydrogen-bond donors (Lipinski definition) is 0. The van der Waals surface area contributed by atoms with Crippen molar-refractivity contribution in [1.29, 1.82) is 0 Å². The molecule has 0 bridgehead atoms. The summed E-state index contributed by atoms with van der Waals surface area (Å²) in [5.74, 6) is 0.